The van der Waals surface area contributed by atoms with Crippen molar-refractivity contribution in [3.63, 3.8) is 0 Å². The van der Waals surface area contributed by atoms with E-state index in [1.807, 2.05) is 19.1 Å². The van der Waals surface area contributed by atoms with Crippen LogP contribution in [0, 0.1) is 0 Å². The van der Waals surface area contributed by atoms with Gasteiger partial charge in [-0.15, -0.1) is 0 Å². The molecule has 0 unspecified atom stereocenters. The minimum Gasteiger partial charge on any atom is -0.492 e. The van der Waals surface area contributed by atoms with Crippen LogP contribution in [0.25, 0.3) is 11.5 Å². The van der Waals surface area contributed by atoms with Gasteiger partial charge in [-0.25, -0.2) is 0 Å². The van der Waals surface area contributed by atoms with Crippen LogP contribution in [-0.2, 0) is 16.0 Å². The molecule has 1 aromatic carbocycles. The summed E-state index contributed by atoms with van der Waals surface area (Å²) >= 11 is 0. The van der Waals surface area contributed by atoms with Crippen molar-refractivity contribution in [2.24, 2.45) is 0 Å². The van der Waals surface area contributed by atoms with Crippen molar-refractivity contribution in [2.75, 3.05) is 18.5 Å². The third kappa shape index (κ3) is 5.86. The second-order valence-corrected chi connectivity index (χ2v) is 5.98. The third-order valence-corrected chi connectivity index (χ3v) is 3.81. The highest BCUT2D eigenvalue weighted by atomic mass is 16.5. The Morgan fingerprint density at radius 3 is 2.72 bits per heavy atom. The number of carbonyl (C=O) groups excluding carboxylic acids is 2. The van der Waals surface area contributed by atoms with Crippen LogP contribution in [0.4, 0.5) is 5.69 Å². The highest BCUT2D eigenvalue weighted by molar-refractivity contribution is 6.04. The van der Waals surface area contributed by atoms with E-state index in [0.717, 1.165) is 0 Å². The van der Waals surface area contributed by atoms with Gasteiger partial charge in [0, 0.05) is 19.2 Å². The highest BCUT2D eigenvalue weighted by Gasteiger charge is 2.13. The van der Waals surface area contributed by atoms with Crippen LogP contribution in [0.2, 0.25) is 0 Å². The Labute approximate surface area is 167 Å². The Bertz CT molecular complexity index is 958. The number of aromatic nitrogens is 3. The van der Waals surface area contributed by atoms with Crippen molar-refractivity contribution in [2.45, 2.75) is 19.8 Å². The number of rotatable bonds is 9. The normalized spacial score (nSPS) is 10.4. The summed E-state index contributed by atoms with van der Waals surface area (Å²) in [6.45, 7) is 2.60. The smallest absolute Gasteiger partial charge is 0.233 e. The SMILES string of the molecule is CCOc1ccccc1NC(=O)CC(=O)NCCc1nc(-c2ccccn2)no1. The van der Waals surface area contributed by atoms with Gasteiger partial charge in [0.1, 0.15) is 17.9 Å². The van der Waals surface area contributed by atoms with E-state index >= 15 is 0 Å². The first-order chi connectivity index (χ1) is 14.2. The van der Waals surface area contributed by atoms with Crippen molar-refractivity contribution in [1.29, 1.82) is 0 Å². The van der Waals surface area contributed by atoms with Gasteiger partial charge in [-0.05, 0) is 31.2 Å². The topological polar surface area (TPSA) is 119 Å². The quantitative estimate of drug-likeness (QED) is 0.533. The average molecular weight is 395 g/mol. The number of hydrogen-bond donors (Lipinski definition) is 2. The number of carbonyl (C=O) groups is 2. The predicted molar refractivity (Wildman–Crippen MR) is 105 cm³/mol. The van der Waals surface area contributed by atoms with Crippen LogP contribution < -0.4 is 15.4 Å². The van der Waals surface area contributed by atoms with Crippen molar-refractivity contribution in [3.8, 4) is 17.3 Å². The molecular formula is C20H21N5O4. The maximum Gasteiger partial charge on any atom is 0.233 e. The summed E-state index contributed by atoms with van der Waals surface area (Å²) in [4.78, 5) is 32.5. The number of nitrogens with zero attached hydrogens (tertiary/aromatic N) is 3. The molecule has 2 amide bonds. The zero-order chi connectivity index (χ0) is 20.5. The molecule has 0 saturated heterocycles. The minimum absolute atomic E-state index is 0.269. The minimum atomic E-state index is -0.426. The lowest BCUT2D eigenvalue weighted by atomic mass is 10.2. The second kappa shape index (κ2) is 9.98. The zero-order valence-electron chi connectivity index (χ0n) is 15.9. The summed E-state index contributed by atoms with van der Waals surface area (Å²) in [6, 6.07) is 12.5. The summed E-state index contributed by atoms with van der Waals surface area (Å²) in [7, 11) is 0. The monoisotopic (exact) mass is 395 g/mol. The van der Waals surface area contributed by atoms with E-state index in [-0.39, 0.29) is 13.0 Å². The van der Waals surface area contributed by atoms with E-state index in [2.05, 4.69) is 25.8 Å². The van der Waals surface area contributed by atoms with E-state index in [4.69, 9.17) is 9.26 Å². The van der Waals surface area contributed by atoms with Crippen LogP contribution in [0.5, 0.6) is 5.75 Å². The molecular weight excluding hydrogens is 374 g/mol. The Morgan fingerprint density at radius 2 is 1.93 bits per heavy atom. The van der Waals surface area contributed by atoms with Gasteiger partial charge in [0.2, 0.25) is 23.5 Å². The number of ether oxygens (including phenoxy) is 1. The van der Waals surface area contributed by atoms with Gasteiger partial charge in [-0.1, -0.05) is 23.4 Å². The Balaban J connectivity index is 1.43. The van der Waals surface area contributed by atoms with Gasteiger partial charge < -0.3 is 19.9 Å². The summed E-state index contributed by atoms with van der Waals surface area (Å²) in [5.41, 5.74) is 1.13. The number of anilines is 1. The summed E-state index contributed by atoms with van der Waals surface area (Å²) in [6.07, 6.45) is 1.69. The van der Waals surface area contributed by atoms with Crippen molar-refractivity contribution >= 4 is 17.5 Å². The maximum absolute atomic E-state index is 12.1. The Kier molecular flexibility index (Phi) is 6.88. The maximum atomic E-state index is 12.1. The molecule has 0 aliphatic rings. The summed E-state index contributed by atoms with van der Waals surface area (Å²) in [5.74, 6) is 0.495. The second-order valence-electron chi connectivity index (χ2n) is 5.98. The molecule has 0 spiro atoms. The average Bonchev–Trinajstić information content (AvgIpc) is 3.19. The molecule has 0 fully saturated rings. The third-order valence-electron chi connectivity index (χ3n) is 3.81. The van der Waals surface area contributed by atoms with E-state index < -0.39 is 11.8 Å². The molecule has 2 aromatic heterocycles. The molecule has 2 heterocycles. The largest absolute Gasteiger partial charge is 0.492 e. The molecule has 9 nitrogen and oxygen atoms in total. The summed E-state index contributed by atoms with van der Waals surface area (Å²) < 4.78 is 10.6. The Morgan fingerprint density at radius 1 is 1.10 bits per heavy atom. The lowest BCUT2D eigenvalue weighted by molar-refractivity contribution is -0.126. The molecule has 0 radical (unpaired) electrons. The molecule has 3 rings (SSSR count). The van der Waals surface area contributed by atoms with Gasteiger partial charge in [-0.3, -0.25) is 14.6 Å². The van der Waals surface area contributed by atoms with E-state index in [0.29, 0.717) is 41.9 Å². The summed E-state index contributed by atoms with van der Waals surface area (Å²) in [5, 5.41) is 9.21. The van der Waals surface area contributed by atoms with Crippen LogP contribution in [0.1, 0.15) is 19.2 Å². The fourth-order valence-corrected chi connectivity index (χ4v) is 2.52. The first-order valence-electron chi connectivity index (χ1n) is 9.18. The molecule has 9 heteroatoms. The fourth-order valence-electron chi connectivity index (χ4n) is 2.52. The number of nitrogens with one attached hydrogen (secondary N) is 2. The molecule has 0 saturated carbocycles. The Hall–Kier alpha value is -3.75. The molecule has 29 heavy (non-hydrogen) atoms. The lowest BCUT2D eigenvalue weighted by Crippen LogP contribution is -2.29. The first kappa shape index (κ1) is 20.0. The predicted octanol–water partition coefficient (Wildman–Crippen LogP) is 2.22. The van der Waals surface area contributed by atoms with Crippen LogP contribution in [0.15, 0.2) is 53.2 Å². The van der Waals surface area contributed by atoms with Gasteiger partial charge in [0.15, 0.2) is 0 Å². The van der Waals surface area contributed by atoms with Crippen molar-refractivity contribution in [1.82, 2.24) is 20.4 Å². The van der Waals surface area contributed by atoms with E-state index in [1.165, 1.54) is 0 Å². The van der Waals surface area contributed by atoms with Crippen LogP contribution in [-0.4, -0.2) is 40.1 Å². The van der Waals surface area contributed by atoms with E-state index in [1.54, 1.807) is 36.5 Å². The molecule has 3 aromatic rings. The standard InChI is InChI=1S/C20H21N5O4/c1-2-28-16-9-4-3-7-14(16)23-18(27)13-17(26)22-12-10-19-24-20(25-29-19)15-8-5-6-11-21-15/h3-9,11H,2,10,12-13H2,1H3,(H,22,26)(H,23,27). The molecule has 2 N–H and O–H groups in total. The van der Waals surface area contributed by atoms with Gasteiger partial charge in [0.05, 0.1) is 12.3 Å². The van der Waals surface area contributed by atoms with Crippen molar-refractivity contribution in [3.05, 3.63) is 54.6 Å². The highest BCUT2D eigenvalue weighted by Crippen LogP contribution is 2.23. The zero-order valence-corrected chi connectivity index (χ0v) is 15.9. The fraction of sp³-hybridized carbons (Fsp3) is 0.250. The number of hydrogen-bond acceptors (Lipinski definition) is 7. The van der Waals surface area contributed by atoms with Crippen LogP contribution in [0.3, 0.4) is 0 Å². The molecule has 0 aliphatic carbocycles. The molecule has 150 valence electrons. The van der Waals surface area contributed by atoms with Crippen molar-refractivity contribution < 1.29 is 18.8 Å². The number of para-hydroxylation sites is 2. The number of pyridine rings is 1. The van der Waals surface area contributed by atoms with E-state index in [9.17, 15) is 9.59 Å². The van der Waals surface area contributed by atoms with Gasteiger partial charge in [-0.2, -0.15) is 4.98 Å². The first-order valence-corrected chi connectivity index (χ1v) is 9.18. The molecule has 0 atom stereocenters. The van der Waals surface area contributed by atoms with Gasteiger partial charge >= 0.3 is 0 Å². The van der Waals surface area contributed by atoms with Gasteiger partial charge in [0.25, 0.3) is 0 Å². The molecule has 0 aliphatic heterocycles. The number of amides is 2. The number of benzene rings is 1. The lowest BCUT2D eigenvalue weighted by Gasteiger charge is -2.11. The molecule has 0 bridgehead atoms. The van der Waals surface area contributed by atoms with Crippen LogP contribution >= 0.6 is 0 Å².